The topological polar surface area (TPSA) is 46.6 Å². The van der Waals surface area contributed by atoms with E-state index in [0.717, 1.165) is 24.8 Å². The maximum Gasteiger partial charge on any atom is 0.333 e. The molecule has 1 aliphatic heterocycles. The Bertz CT molecular complexity index is 469. The van der Waals surface area contributed by atoms with Gasteiger partial charge in [-0.3, -0.25) is 4.79 Å². The Balaban J connectivity index is 2.24. The lowest BCUT2D eigenvalue weighted by molar-refractivity contribution is -0.153. The van der Waals surface area contributed by atoms with Gasteiger partial charge in [0.15, 0.2) is 6.04 Å². The number of hydrogen-bond donors (Lipinski definition) is 0. The van der Waals surface area contributed by atoms with Crippen LogP contribution in [0.2, 0.25) is 0 Å². The molecular formula is C14H19NO3S. The Hall–Kier alpha value is -1.36. The van der Waals surface area contributed by atoms with E-state index in [1.165, 1.54) is 12.0 Å². The minimum absolute atomic E-state index is 0.0501. The molecule has 0 saturated heterocycles. The van der Waals surface area contributed by atoms with Crippen molar-refractivity contribution in [1.29, 1.82) is 0 Å². The fourth-order valence-electron chi connectivity index (χ4n) is 2.42. The minimum Gasteiger partial charge on any atom is -0.467 e. The maximum absolute atomic E-state index is 12.2. The molecule has 0 aliphatic carbocycles. The Morgan fingerprint density at radius 1 is 1.53 bits per heavy atom. The van der Waals surface area contributed by atoms with Crippen LogP contribution in [-0.4, -0.2) is 30.4 Å². The van der Waals surface area contributed by atoms with Gasteiger partial charge in [-0.15, -0.1) is 11.3 Å². The second-order valence-electron chi connectivity index (χ2n) is 4.67. The van der Waals surface area contributed by atoms with E-state index in [9.17, 15) is 9.59 Å². The zero-order valence-electron chi connectivity index (χ0n) is 11.3. The molecule has 0 bridgehead atoms. The van der Waals surface area contributed by atoms with Crippen molar-refractivity contribution < 1.29 is 14.3 Å². The summed E-state index contributed by atoms with van der Waals surface area (Å²) in [6, 6.07) is 1.38. The number of rotatable bonds is 4. The summed E-state index contributed by atoms with van der Waals surface area (Å²) >= 11 is 1.64. The van der Waals surface area contributed by atoms with Crippen LogP contribution in [0.3, 0.4) is 0 Å². The van der Waals surface area contributed by atoms with Gasteiger partial charge in [0.2, 0.25) is 5.91 Å². The molecule has 0 radical (unpaired) electrons. The average molecular weight is 281 g/mol. The van der Waals surface area contributed by atoms with Gasteiger partial charge in [0.1, 0.15) is 0 Å². The van der Waals surface area contributed by atoms with Crippen LogP contribution < -0.4 is 0 Å². The number of fused-ring (bicyclic) bond motifs is 1. The standard InChI is InChI=1S/C14H19NO3S/c1-3-4-5-12(16)15-8-6-11-10(7-9-19-11)13(15)14(17)18-2/h7,9,13H,3-6,8H2,1-2H3. The molecule has 4 nitrogen and oxygen atoms in total. The smallest absolute Gasteiger partial charge is 0.333 e. The van der Waals surface area contributed by atoms with Crippen molar-refractivity contribution in [3.63, 3.8) is 0 Å². The first-order chi connectivity index (χ1) is 9.19. The number of thiophene rings is 1. The molecule has 0 spiro atoms. The summed E-state index contributed by atoms with van der Waals surface area (Å²) in [5, 5.41) is 1.97. The third-order valence-electron chi connectivity index (χ3n) is 3.45. The lowest BCUT2D eigenvalue weighted by Crippen LogP contribution is -2.43. The first-order valence-electron chi connectivity index (χ1n) is 6.62. The second kappa shape index (κ2) is 6.19. The first kappa shape index (κ1) is 14.1. The fourth-order valence-corrected chi connectivity index (χ4v) is 3.33. The highest BCUT2D eigenvalue weighted by Crippen LogP contribution is 2.34. The Labute approximate surface area is 117 Å². The molecule has 1 aliphatic rings. The summed E-state index contributed by atoms with van der Waals surface area (Å²) in [5.74, 6) is -0.293. The normalized spacial score (nSPS) is 18.0. The Morgan fingerprint density at radius 3 is 3.00 bits per heavy atom. The highest BCUT2D eigenvalue weighted by atomic mass is 32.1. The molecule has 1 aromatic rings. The highest BCUT2D eigenvalue weighted by molar-refractivity contribution is 7.10. The molecule has 0 N–H and O–H groups in total. The van der Waals surface area contributed by atoms with Gasteiger partial charge in [0, 0.05) is 17.8 Å². The summed E-state index contributed by atoms with van der Waals surface area (Å²) in [4.78, 5) is 27.1. The van der Waals surface area contributed by atoms with Crippen molar-refractivity contribution in [3.8, 4) is 0 Å². The number of methoxy groups -OCH3 is 1. The number of esters is 1. The van der Waals surface area contributed by atoms with Crippen molar-refractivity contribution in [3.05, 3.63) is 21.9 Å². The molecule has 0 aromatic carbocycles. The quantitative estimate of drug-likeness (QED) is 0.797. The van der Waals surface area contributed by atoms with Gasteiger partial charge < -0.3 is 9.64 Å². The third-order valence-corrected chi connectivity index (χ3v) is 4.45. The van der Waals surface area contributed by atoms with Gasteiger partial charge in [0.25, 0.3) is 0 Å². The number of nitrogens with zero attached hydrogens (tertiary/aromatic N) is 1. The van der Waals surface area contributed by atoms with Gasteiger partial charge in [-0.25, -0.2) is 4.79 Å². The van der Waals surface area contributed by atoms with Crippen LogP contribution in [-0.2, 0) is 20.7 Å². The van der Waals surface area contributed by atoms with Crippen molar-refractivity contribution in [1.82, 2.24) is 4.90 Å². The van der Waals surface area contributed by atoms with Gasteiger partial charge in [-0.1, -0.05) is 13.3 Å². The van der Waals surface area contributed by atoms with Crippen LogP contribution >= 0.6 is 11.3 Å². The summed E-state index contributed by atoms with van der Waals surface area (Å²) in [7, 11) is 1.37. The van der Waals surface area contributed by atoms with Crippen molar-refractivity contribution in [2.24, 2.45) is 0 Å². The molecule has 19 heavy (non-hydrogen) atoms. The van der Waals surface area contributed by atoms with Crippen LogP contribution in [0.25, 0.3) is 0 Å². The molecule has 2 heterocycles. The van der Waals surface area contributed by atoms with E-state index in [2.05, 4.69) is 6.92 Å². The van der Waals surface area contributed by atoms with E-state index in [1.807, 2.05) is 11.4 Å². The number of unbranched alkanes of at least 4 members (excludes halogenated alkanes) is 1. The van der Waals surface area contributed by atoms with Gasteiger partial charge in [-0.2, -0.15) is 0 Å². The van der Waals surface area contributed by atoms with Gasteiger partial charge in [0.05, 0.1) is 7.11 Å². The average Bonchev–Trinajstić information content (AvgIpc) is 2.91. The SMILES string of the molecule is CCCCC(=O)N1CCc2sccc2C1C(=O)OC. The Morgan fingerprint density at radius 2 is 2.32 bits per heavy atom. The van der Waals surface area contributed by atoms with Crippen LogP contribution in [0.4, 0.5) is 0 Å². The van der Waals surface area contributed by atoms with Crippen LogP contribution in [0, 0.1) is 0 Å². The second-order valence-corrected chi connectivity index (χ2v) is 5.67. The summed E-state index contributed by atoms with van der Waals surface area (Å²) in [6.07, 6.45) is 3.17. The molecule has 0 fully saturated rings. The predicted octanol–water partition coefficient (Wildman–Crippen LogP) is 2.54. The largest absolute Gasteiger partial charge is 0.467 e. The zero-order valence-corrected chi connectivity index (χ0v) is 12.2. The number of carbonyl (C=O) groups is 2. The van der Waals surface area contributed by atoms with Crippen molar-refractivity contribution in [2.75, 3.05) is 13.7 Å². The number of amides is 1. The maximum atomic E-state index is 12.2. The molecule has 1 amide bonds. The predicted molar refractivity (Wildman–Crippen MR) is 74.0 cm³/mol. The van der Waals surface area contributed by atoms with Crippen LogP contribution in [0.1, 0.15) is 42.7 Å². The summed E-state index contributed by atoms with van der Waals surface area (Å²) in [5.41, 5.74) is 0.938. The lowest BCUT2D eigenvalue weighted by atomic mass is 9.99. The highest BCUT2D eigenvalue weighted by Gasteiger charge is 2.36. The van der Waals surface area contributed by atoms with Gasteiger partial charge >= 0.3 is 5.97 Å². The van der Waals surface area contributed by atoms with E-state index in [-0.39, 0.29) is 11.9 Å². The Kier molecular flexibility index (Phi) is 4.58. The van der Waals surface area contributed by atoms with E-state index in [1.54, 1.807) is 16.2 Å². The van der Waals surface area contributed by atoms with Gasteiger partial charge in [-0.05, 0) is 29.9 Å². The molecule has 1 unspecified atom stereocenters. The fraction of sp³-hybridized carbons (Fsp3) is 0.571. The van der Waals surface area contributed by atoms with E-state index in [4.69, 9.17) is 4.74 Å². The number of hydrogen-bond acceptors (Lipinski definition) is 4. The van der Waals surface area contributed by atoms with E-state index >= 15 is 0 Å². The van der Waals surface area contributed by atoms with E-state index < -0.39 is 6.04 Å². The molecule has 104 valence electrons. The van der Waals surface area contributed by atoms with Crippen LogP contribution in [0.5, 0.6) is 0 Å². The van der Waals surface area contributed by atoms with Crippen molar-refractivity contribution in [2.45, 2.75) is 38.6 Å². The molecule has 1 atom stereocenters. The molecule has 5 heteroatoms. The summed E-state index contributed by atoms with van der Waals surface area (Å²) in [6.45, 7) is 2.66. The van der Waals surface area contributed by atoms with E-state index in [0.29, 0.717) is 13.0 Å². The summed E-state index contributed by atoms with van der Waals surface area (Å²) < 4.78 is 4.87. The number of carbonyl (C=O) groups excluding carboxylic acids is 2. The number of ether oxygens (including phenoxy) is 1. The monoisotopic (exact) mass is 281 g/mol. The molecule has 0 saturated carbocycles. The zero-order chi connectivity index (χ0) is 13.8. The first-order valence-corrected chi connectivity index (χ1v) is 7.50. The molecular weight excluding hydrogens is 262 g/mol. The molecule has 1 aromatic heterocycles. The van der Waals surface area contributed by atoms with Crippen LogP contribution in [0.15, 0.2) is 11.4 Å². The lowest BCUT2D eigenvalue weighted by Gasteiger charge is -2.34. The molecule has 2 rings (SSSR count). The minimum atomic E-state index is -0.552. The third kappa shape index (κ3) is 2.81. The van der Waals surface area contributed by atoms with Crippen molar-refractivity contribution >= 4 is 23.2 Å².